The normalized spacial score (nSPS) is 9.80. The van der Waals surface area contributed by atoms with Crippen molar-refractivity contribution >= 4 is 11.7 Å². The van der Waals surface area contributed by atoms with Gasteiger partial charge >= 0.3 is 0 Å². The van der Waals surface area contributed by atoms with Crippen LogP contribution in [-0.4, -0.2) is 17.9 Å². The lowest BCUT2D eigenvalue weighted by Crippen LogP contribution is -2.18. The maximum atomic E-state index is 11.0. The van der Waals surface area contributed by atoms with Crippen LogP contribution in [0.2, 0.25) is 0 Å². The second kappa shape index (κ2) is 5.85. The average molecular weight is 266 g/mol. The third-order valence-corrected chi connectivity index (χ3v) is 2.90. The predicted molar refractivity (Wildman–Crippen MR) is 76.0 cm³/mol. The van der Waals surface area contributed by atoms with Crippen molar-refractivity contribution in [3.8, 4) is 6.07 Å². The van der Waals surface area contributed by atoms with Crippen LogP contribution in [0.3, 0.4) is 0 Å². The summed E-state index contributed by atoms with van der Waals surface area (Å²) in [6, 6.07) is 12.9. The number of primary amides is 1. The first-order chi connectivity index (χ1) is 9.60. The van der Waals surface area contributed by atoms with Crippen molar-refractivity contribution in [3.63, 3.8) is 0 Å². The average Bonchev–Trinajstić information content (AvgIpc) is 2.47. The van der Waals surface area contributed by atoms with Crippen LogP contribution < -0.4 is 10.6 Å². The fourth-order valence-electron chi connectivity index (χ4n) is 1.85. The number of anilines is 1. The molecule has 0 fully saturated rings. The highest BCUT2D eigenvalue weighted by atomic mass is 16.1. The van der Waals surface area contributed by atoms with E-state index >= 15 is 0 Å². The number of nitriles is 1. The predicted octanol–water partition coefficient (Wildman–Crippen LogP) is 1.69. The summed E-state index contributed by atoms with van der Waals surface area (Å²) in [6.07, 6.45) is 1.46. The summed E-state index contributed by atoms with van der Waals surface area (Å²) in [5, 5.41) is 8.88. The van der Waals surface area contributed by atoms with Gasteiger partial charge in [0, 0.05) is 19.8 Å². The van der Waals surface area contributed by atoms with Gasteiger partial charge in [-0.1, -0.05) is 12.1 Å². The maximum Gasteiger partial charge on any atom is 0.250 e. The molecular weight excluding hydrogens is 252 g/mol. The summed E-state index contributed by atoms with van der Waals surface area (Å²) in [5.74, 6) is 0.241. The molecule has 0 aliphatic carbocycles. The molecule has 0 saturated carbocycles. The highest BCUT2D eigenvalue weighted by Gasteiger charge is 2.06. The third-order valence-electron chi connectivity index (χ3n) is 2.90. The molecule has 1 aromatic heterocycles. The van der Waals surface area contributed by atoms with Crippen molar-refractivity contribution in [2.45, 2.75) is 6.54 Å². The number of hydrogen-bond acceptors (Lipinski definition) is 4. The maximum absolute atomic E-state index is 11.0. The van der Waals surface area contributed by atoms with Crippen molar-refractivity contribution in [1.29, 1.82) is 5.26 Å². The van der Waals surface area contributed by atoms with Crippen LogP contribution >= 0.6 is 0 Å². The summed E-state index contributed by atoms with van der Waals surface area (Å²) in [7, 11) is 1.89. The number of aromatic nitrogens is 1. The van der Waals surface area contributed by atoms with Gasteiger partial charge in [0.15, 0.2) is 0 Å². The number of pyridine rings is 1. The molecule has 0 spiro atoms. The Morgan fingerprint density at radius 2 is 2.20 bits per heavy atom. The van der Waals surface area contributed by atoms with E-state index in [0.717, 1.165) is 11.4 Å². The van der Waals surface area contributed by atoms with Crippen molar-refractivity contribution in [1.82, 2.24) is 4.98 Å². The quantitative estimate of drug-likeness (QED) is 0.912. The van der Waals surface area contributed by atoms with Gasteiger partial charge in [-0.25, -0.2) is 4.98 Å². The van der Waals surface area contributed by atoms with E-state index in [2.05, 4.69) is 11.1 Å². The molecule has 0 saturated heterocycles. The van der Waals surface area contributed by atoms with Gasteiger partial charge in [-0.2, -0.15) is 5.26 Å². The van der Waals surface area contributed by atoms with Gasteiger partial charge in [0.25, 0.3) is 0 Å². The molecule has 0 radical (unpaired) electrons. The largest absolute Gasteiger partial charge is 0.366 e. The standard InChI is InChI=1S/C15H14N4O/c1-19(10-12-4-2-3-11(7-12)8-16)14-6-5-13(9-18-14)15(17)20/h2-7,9H,10H2,1H3,(H2,17,20). The number of nitrogens with zero attached hydrogens (tertiary/aromatic N) is 3. The van der Waals surface area contributed by atoms with Gasteiger partial charge in [0.1, 0.15) is 5.82 Å². The Morgan fingerprint density at radius 1 is 1.40 bits per heavy atom. The molecule has 2 N–H and O–H groups in total. The highest BCUT2D eigenvalue weighted by molar-refractivity contribution is 5.92. The zero-order valence-corrected chi connectivity index (χ0v) is 11.1. The zero-order chi connectivity index (χ0) is 14.5. The van der Waals surface area contributed by atoms with Crippen LogP contribution in [0.1, 0.15) is 21.5 Å². The number of carbonyl (C=O) groups is 1. The van der Waals surface area contributed by atoms with E-state index in [1.807, 2.05) is 30.1 Å². The summed E-state index contributed by atoms with van der Waals surface area (Å²) in [5.41, 5.74) is 7.21. The van der Waals surface area contributed by atoms with Gasteiger partial charge in [-0.15, -0.1) is 0 Å². The highest BCUT2D eigenvalue weighted by Crippen LogP contribution is 2.14. The smallest absolute Gasteiger partial charge is 0.250 e. The minimum absolute atomic E-state index is 0.383. The molecule has 0 aliphatic rings. The lowest BCUT2D eigenvalue weighted by Gasteiger charge is -2.18. The van der Waals surface area contributed by atoms with E-state index < -0.39 is 5.91 Å². The van der Waals surface area contributed by atoms with Crippen LogP contribution in [0.25, 0.3) is 0 Å². The molecule has 2 rings (SSSR count). The molecule has 0 aliphatic heterocycles. The fourth-order valence-corrected chi connectivity index (χ4v) is 1.85. The van der Waals surface area contributed by atoms with Crippen LogP contribution in [0, 0.1) is 11.3 Å². The molecule has 5 heteroatoms. The van der Waals surface area contributed by atoms with E-state index in [9.17, 15) is 4.79 Å². The van der Waals surface area contributed by atoms with Crippen LogP contribution in [0.5, 0.6) is 0 Å². The fraction of sp³-hybridized carbons (Fsp3) is 0.133. The topological polar surface area (TPSA) is 83.0 Å². The Hall–Kier alpha value is -2.87. The number of rotatable bonds is 4. The van der Waals surface area contributed by atoms with E-state index in [4.69, 9.17) is 11.0 Å². The molecule has 1 heterocycles. The van der Waals surface area contributed by atoms with E-state index in [1.54, 1.807) is 18.2 Å². The monoisotopic (exact) mass is 266 g/mol. The van der Waals surface area contributed by atoms with Gasteiger partial charge in [-0.05, 0) is 29.8 Å². The molecular formula is C15H14N4O. The van der Waals surface area contributed by atoms with Crippen LogP contribution in [0.15, 0.2) is 42.6 Å². The summed E-state index contributed by atoms with van der Waals surface area (Å²) in [4.78, 5) is 17.1. The van der Waals surface area contributed by atoms with Crippen LogP contribution in [-0.2, 0) is 6.54 Å². The second-order valence-corrected chi connectivity index (χ2v) is 4.44. The molecule has 0 atom stereocenters. The Balaban J connectivity index is 2.13. The minimum atomic E-state index is -0.492. The van der Waals surface area contributed by atoms with Gasteiger partial charge in [-0.3, -0.25) is 4.79 Å². The van der Waals surface area contributed by atoms with Gasteiger partial charge < -0.3 is 10.6 Å². The lowest BCUT2D eigenvalue weighted by atomic mass is 10.1. The van der Waals surface area contributed by atoms with Crippen molar-refractivity contribution in [2.24, 2.45) is 5.73 Å². The van der Waals surface area contributed by atoms with Gasteiger partial charge in [0.05, 0.1) is 17.2 Å². The molecule has 1 aromatic carbocycles. The van der Waals surface area contributed by atoms with Crippen molar-refractivity contribution in [3.05, 3.63) is 59.3 Å². The Labute approximate surface area is 117 Å². The summed E-state index contributed by atoms with van der Waals surface area (Å²) >= 11 is 0. The zero-order valence-electron chi connectivity index (χ0n) is 11.1. The molecule has 5 nitrogen and oxygen atoms in total. The van der Waals surface area contributed by atoms with Crippen LogP contribution in [0.4, 0.5) is 5.82 Å². The Kier molecular flexibility index (Phi) is 3.96. The van der Waals surface area contributed by atoms with Crippen molar-refractivity contribution in [2.75, 3.05) is 11.9 Å². The number of carbonyl (C=O) groups excluding carboxylic acids is 1. The first-order valence-electron chi connectivity index (χ1n) is 6.06. The van der Waals surface area contributed by atoms with E-state index in [1.165, 1.54) is 6.20 Å². The lowest BCUT2D eigenvalue weighted by molar-refractivity contribution is 0.1000. The summed E-state index contributed by atoms with van der Waals surface area (Å²) in [6.45, 7) is 0.623. The number of nitrogens with two attached hydrogens (primary N) is 1. The minimum Gasteiger partial charge on any atom is -0.366 e. The molecule has 0 unspecified atom stereocenters. The van der Waals surface area contributed by atoms with E-state index in [-0.39, 0.29) is 0 Å². The second-order valence-electron chi connectivity index (χ2n) is 4.44. The number of amides is 1. The summed E-state index contributed by atoms with van der Waals surface area (Å²) < 4.78 is 0. The molecule has 1 amide bonds. The Morgan fingerprint density at radius 3 is 2.80 bits per heavy atom. The Bertz CT molecular complexity index is 658. The molecule has 0 bridgehead atoms. The van der Waals surface area contributed by atoms with Crippen molar-refractivity contribution < 1.29 is 4.79 Å². The van der Waals surface area contributed by atoms with Gasteiger partial charge in [0.2, 0.25) is 5.91 Å². The van der Waals surface area contributed by atoms with E-state index in [0.29, 0.717) is 17.7 Å². The number of benzene rings is 1. The molecule has 100 valence electrons. The number of hydrogen-bond donors (Lipinski definition) is 1. The molecule has 2 aromatic rings. The first-order valence-corrected chi connectivity index (χ1v) is 6.06. The SMILES string of the molecule is CN(Cc1cccc(C#N)c1)c1ccc(C(N)=O)cn1. The first kappa shape index (κ1) is 13.6. The third kappa shape index (κ3) is 3.12. The molecule has 20 heavy (non-hydrogen) atoms.